The first-order chi connectivity index (χ1) is 6.90. The molecule has 0 aliphatic carbocycles. The SMILES string of the molecule is CN(C)C(CC(C)(C)C)c1ccccc1. The monoisotopic (exact) mass is 205 g/mol. The van der Waals surface area contributed by atoms with Gasteiger partial charge in [-0.1, -0.05) is 51.1 Å². The maximum Gasteiger partial charge on any atom is 0.0347 e. The fourth-order valence-corrected chi connectivity index (χ4v) is 1.85. The highest BCUT2D eigenvalue weighted by Gasteiger charge is 2.21. The summed E-state index contributed by atoms with van der Waals surface area (Å²) in [4.78, 5) is 2.31. The number of benzene rings is 1. The minimum absolute atomic E-state index is 0.366. The molecule has 1 aromatic carbocycles. The van der Waals surface area contributed by atoms with E-state index in [0.29, 0.717) is 11.5 Å². The third kappa shape index (κ3) is 4.05. The van der Waals surface area contributed by atoms with E-state index in [4.69, 9.17) is 0 Å². The Bertz CT molecular complexity index is 282. The molecule has 0 N–H and O–H groups in total. The Morgan fingerprint density at radius 1 is 1.07 bits per heavy atom. The minimum Gasteiger partial charge on any atom is -0.302 e. The molecule has 1 nitrogen and oxygen atoms in total. The van der Waals surface area contributed by atoms with Crippen molar-refractivity contribution in [3.05, 3.63) is 35.9 Å². The lowest BCUT2D eigenvalue weighted by molar-refractivity contribution is 0.211. The minimum atomic E-state index is 0.366. The van der Waals surface area contributed by atoms with Crippen molar-refractivity contribution in [2.24, 2.45) is 5.41 Å². The molecule has 1 heteroatoms. The maximum atomic E-state index is 2.31. The van der Waals surface area contributed by atoms with Crippen LogP contribution in [0.1, 0.15) is 38.8 Å². The summed E-state index contributed by atoms with van der Waals surface area (Å²) >= 11 is 0. The topological polar surface area (TPSA) is 3.24 Å². The Morgan fingerprint density at radius 3 is 2.00 bits per heavy atom. The molecule has 1 rings (SSSR count). The molecule has 0 aromatic heterocycles. The molecule has 0 radical (unpaired) electrons. The lowest BCUT2D eigenvalue weighted by Gasteiger charge is -2.31. The van der Waals surface area contributed by atoms with E-state index in [9.17, 15) is 0 Å². The summed E-state index contributed by atoms with van der Waals surface area (Å²) in [6.45, 7) is 6.89. The van der Waals surface area contributed by atoms with Gasteiger partial charge in [0.2, 0.25) is 0 Å². The maximum absolute atomic E-state index is 2.31. The summed E-state index contributed by atoms with van der Waals surface area (Å²) in [6, 6.07) is 11.3. The molecule has 0 fully saturated rings. The van der Waals surface area contributed by atoms with Gasteiger partial charge in [-0.3, -0.25) is 0 Å². The van der Waals surface area contributed by atoms with Gasteiger partial charge in [-0.25, -0.2) is 0 Å². The fourth-order valence-electron chi connectivity index (χ4n) is 1.85. The quantitative estimate of drug-likeness (QED) is 0.727. The number of hydrogen-bond donors (Lipinski definition) is 0. The van der Waals surface area contributed by atoms with E-state index in [1.54, 1.807) is 0 Å². The number of nitrogens with zero attached hydrogens (tertiary/aromatic N) is 1. The van der Waals surface area contributed by atoms with Crippen molar-refractivity contribution in [1.29, 1.82) is 0 Å². The largest absolute Gasteiger partial charge is 0.302 e. The van der Waals surface area contributed by atoms with Crippen molar-refractivity contribution >= 4 is 0 Å². The molecule has 84 valence electrons. The zero-order chi connectivity index (χ0) is 11.5. The van der Waals surface area contributed by atoms with E-state index in [-0.39, 0.29) is 0 Å². The molecule has 1 atom stereocenters. The molecular formula is C14H23N. The molecule has 0 aliphatic heterocycles. The van der Waals surface area contributed by atoms with Gasteiger partial charge in [0, 0.05) is 6.04 Å². The summed E-state index contributed by atoms with van der Waals surface area (Å²) in [5, 5.41) is 0. The predicted octanol–water partition coefficient (Wildman–Crippen LogP) is 3.73. The van der Waals surface area contributed by atoms with E-state index in [1.807, 2.05) is 0 Å². The van der Waals surface area contributed by atoms with Crippen molar-refractivity contribution in [3.8, 4) is 0 Å². The Balaban J connectivity index is 2.85. The van der Waals surface area contributed by atoms with Crippen LogP contribution in [-0.4, -0.2) is 19.0 Å². The first kappa shape index (κ1) is 12.3. The molecule has 1 aromatic rings. The van der Waals surface area contributed by atoms with E-state index in [0.717, 1.165) is 0 Å². The van der Waals surface area contributed by atoms with Gasteiger partial charge in [0.25, 0.3) is 0 Å². The molecule has 1 unspecified atom stereocenters. The molecule has 0 saturated heterocycles. The van der Waals surface area contributed by atoms with Gasteiger partial charge in [-0.2, -0.15) is 0 Å². The highest BCUT2D eigenvalue weighted by atomic mass is 15.1. The van der Waals surface area contributed by atoms with Crippen LogP contribution in [0.4, 0.5) is 0 Å². The average Bonchev–Trinajstić information content (AvgIpc) is 2.14. The van der Waals surface area contributed by atoms with Crippen molar-refractivity contribution < 1.29 is 0 Å². The Kier molecular flexibility index (Phi) is 3.92. The summed E-state index contributed by atoms with van der Waals surface area (Å²) < 4.78 is 0. The second kappa shape index (κ2) is 4.80. The Morgan fingerprint density at radius 2 is 1.60 bits per heavy atom. The second-order valence-corrected chi connectivity index (χ2v) is 5.65. The van der Waals surface area contributed by atoms with Gasteiger partial charge in [-0.05, 0) is 31.5 Å². The molecule has 0 saturated carbocycles. The van der Waals surface area contributed by atoms with Gasteiger partial charge in [0.1, 0.15) is 0 Å². The third-order valence-electron chi connectivity index (χ3n) is 2.61. The fraction of sp³-hybridized carbons (Fsp3) is 0.571. The number of hydrogen-bond acceptors (Lipinski definition) is 1. The van der Waals surface area contributed by atoms with E-state index >= 15 is 0 Å². The molecule has 0 spiro atoms. The zero-order valence-corrected chi connectivity index (χ0v) is 10.6. The summed E-state index contributed by atoms with van der Waals surface area (Å²) in [5.41, 5.74) is 1.78. The average molecular weight is 205 g/mol. The molecule has 0 heterocycles. The van der Waals surface area contributed by atoms with Crippen molar-refractivity contribution in [1.82, 2.24) is 4.90 Å². The standard InChI is InChI=1S/C14H23N/c1-14(2,3)11-13(15(4)5)12-9-7-6-8-10-12/h6-10,13H,11H2,1-5H3. The van der Waals surface area contributed by atoms with Crippen LogP contribution >= 0.6 is 0 Å². The van der Waals surface area contributed by atoms with Crippen LogP contribution in [0.5, 0.6) is 0 Å². The van der Waals surface area contributed by atoms with Gasteiger partial charge >= 0.3 is 0 Å². The molecule has 15 heavy (non-hydrogen) atoms. The van der Waals surface area contributed by atoms with Gasteiger partial charge < -0.3 is 4.90 Å². The third-order valence-corrected chi connectivity index (χ3v) is 2.61. The number of rotatable bonds is 3. The normalized spacial score (nSPS) is 14.3. The van der Waals surface area contributed by atoms with E-state index < -0.39 is 0 Å². The van der Waals surface area contributed by atoms with E-state index in [1.165, 1.54) is 12.0 Å². The lowest BCUT2D eigenvalue weighted by Crippen LogP contribution is -2.24. The van der Waals surface area contributed by atoms with Gasteiger partial charge in [-0.15, -0.1) is 0 Å². The Hall–Kier alpha value is -0.820. The summed E-state index contributed by atoms with van der Waals surface area (Å²) in [6.07, 6.45) is 1.18. The van der Waals surface area contributed by atoms with Gasteiger partial charge in [0.05, 0.1) is 0 Å². The van der Waals surface area contributed by atoms with Gasteiger partial charge in [0.15, 0.2) is 0 Å². The second-order valence-electron chi connectivity index (χ2n) is 5.65. The van der Waals surface area contributed by atoms with Crippen LogP contribution < -0.4 is 0 Å². The predicted molar refractivity (Wildman–Crippen MR) is 66.9 cm³/mol. The van der Waals surface area contributed by atoms with Crippen LogP contribution in [0.2, 0.25) is 0 Å². The molecule has 0 amide bonds. The van der Waals surface area contributed by atoms with Crippen molar-refractivity contribution in [2.45, 2.75) is 33.2 Å². The van der Waals surface area contributed by atoms with Crippen LogP contribution in [0.3, 0.4) is 0 Å². The molecule has 0 aliphatic rings. The van der Waals surface area contributed by atoms with Crippen molar-refractivity contribution in [3.63, 3.8) is 0 Å². The summed E-state index contributed by atoms with van der Waals surface area (Å²) in [5.74, 6) is 0. The van der Waals surface area contributed by atoms with Crippen LogP contribution in [0.15, 0.2) is 30.3 Å². The first-order valence-electron chi connectivity index (χ1n) is 5.61. The smallest absolute Gasteiger partial charge is 0.0347 e. The van der Waals surface area contributed by atoms with Crippen LogP contribution in [-0.2, 0) is 0 Å². The Labute approximate surface area is 94.1 Å². The van der Waals surface area contributed by atoms with E-state index in [2.05, 4.69) is 70.1 Å². The lowest BCUT2D eigenvalue weighted by atomic mass is 9.85. The van der Waals surface area contributed by atoms with Crippen LogP contribution in [0.25, 0.3) is 0 Å². The highest BCUT2D eigenvalue weighted by Crippen LogP contribution is 2.32. The van der Waals surface area contributed by atoms with Crippen molar-refractivity contribution in [2.75, 3.05) is 14.1 Å². The molecular weight excluding hydrogens is 182 g/mol. The first-order valence-corrected chi connectivity index (χ1v) is 5.61. The van der Waals surface area contributed by atoms with Crippen LogP contribution in [0, 0.1) is 5.41 Å². The molecule has 0 bridgehead atoms. The highest BCUT2D eigenvalue weighted by molar-refractivity contribution is 5.19. The summed E-state index contributed by atoms with van der Waals surface area (Å²) in [7, 11) is 4.31. The zero-order valence-electron chi connectivity index (χ0n) is 10.6.